The monoisotopic (exact) mass is 490 g/mol. The topological polar surface area (TPSA) is 145 Å². The van der Waals surface area contributed by atoms with E-state index in [1.165, 1.54) is 0 Å². The summed E-state index contributed by atoms with van der Waals surface area (Å²) in [6.07, 6.45) is 17.8. The van der Waals surface area contributed by atoms with Gasteiger partial charge in [0, 0.05) is 29.4 Å². The lowest BCUT2D eigenvalue weighted by atomic mass is 9.79. The van der Waals surface area contributed by atoms with Crippen molar-refractivity contribution in [3.8, 4) is 0 Å². The molecule has 6 N–H and O–H groups in total. The molecule has 3 fully saturated rings. The first-order valence-electron chi connectivity index (χ1n) is 11.7. The number of hydrogen-bond donors (Lipinski definition) is 4. The van der Waals surface area contributed by atoms with E-state index in [-0.39, 0.29) is 23.3 Å². The molecular weight excluding hydrogens is 452 g/mol. The van der Waals surface area contributed by atoms with E-state index in [0.29, 0.717) is 30.6 Å². The lowest BCUT2D eigenvalue weighted by Gasteiger charge is -2.32. The second kappa shape index (κ2) is 12.3. The second-order valence-electron chi connectivity index (χ2n) is 9.75. The average Bonchev–Trinajstić information content (AvgIpc) is 2.76. The first-order valence-corrected chi connectivity index (χ1v) is 14.0. The van der Waals surface area contributed by atoms with Crippen molar-refractivity contribution in [1.82, 2.24) is 0 Å². The van der Waals surface area contributed by atoms with Crippen LogP contribution in [0.4, 0.5) is 0 Å². The Morgan fingerprint density at radius 3 is 1.88 bits per heavy atom. The van der Waals surface area contributed by atoms with Gasteiger partial charge in [0.25, 0.3) is 10.1 Å². The van der Waals surface area contributed by atoms with Gasteiger partial charge in [-0.1, -0.05) is 29.3 Å². The zero-order valence-electron chi connectivity index (χ0n) is 18.5. The molecule has 0 saturated heterocycles. The Labute approximate surface area is 196 Å². The molecule has 0 heterocycles. The fourth-order valence-electron chi connectivity index (χ4n) is 5.46. The normalized spacial score (nSPS) is 39.6. The van der Waals surface area contributed by atoms with Crippen molar-refractivity contribution in [3.05, 3.63) is 24.3 Å². The first-order chi connectivity index (χ1) is 15.3. The van der Waals surface area contributed by atoms with Crippen LogP contribution in [-0.4, -0.2) is 40.8 Å². The minimum Gasteiger partial charge on any atom is -0.328 e. The van der Waals surface area contributed by atoms with Crippen molar-refractivity contribution in [2.75, 3.05) is 0 Å². The molecule has 3 saturated carbocycles. The van der Waals surface area contributed by atoms with Crippen LogP contribution < -0.4 is 11.5 Å². The molecular formula is C22H38N2O6S2. The Kier molecular flexibility index (Phi) is 10.1. The molecule has 0 aromatic rings. The summed E-state index contributed by atoms with van der Waals surface area (Å²) in [6, 6.07) is -0.00332. The molecule has 184 valence electrons. The third-order valence-electron chi connectivity index (χ3n) is 7.42. The number of hydrogen-bond acceptors (Lipinski definition) is 8. The van der Waals surface area contributed by atoms with Gasteiger partial charge in [0.05, 0.1) is 5.25 Å². The summed E-state index contributed by atoms with van der Waals surface area (Å²) in [4.78, 5) is 0. The summed E-state index contributed by atoms with van der Waals surface area (Å²) in [6.45, 7) is 0. The van der Waals surface area contributed by atoms with Crippen molar-refractivity contribution in [1.29, 1.82) is 0 Å². The van der Waals surface area contributed by atoms with Gasteiger partial charge in [-0.3, -0.25) is 4.55 Å². The number of allylic oxidation sites excluding steroid dienone is 4. The van der Waals surface area contributed by atoms with Crippen LogP contribution in [0.25, 0.3) is 0 Å². The highest BCUT2D eigenvalue weighted by Crippen LogP contribution is 2.37. The molecule has 0 amide bonds. The minimum atomic E-state index is -4.08. The smallest absolute Gasteiger partial charge is 0.268 e. The Bertz CT molecular complexity index is 739. The Balaban J connectivity index is 1.48. The van der Waals surface area contributed by atoms with E-state index in [1.54, 1.807) is 0 Å². The third kappa shape index (κ3) is 7.80. The molecule has 0 bridgehead atoms. The molecule has 3 aliphatic rings. The molecule has 8 nitrogen and oxygen atoms in total. The summed E-state index contributed by atoms with van der Waals surface area (Å²) >= 11 is 1.14. The van der Waals surface area contributed by atoms with Crippen molar-refractivity contribution in [2.24, 2.45) is 35.1 Å². The molecule has 6 atom stereocenters. The fraction of sp³-hybridized carbons (Fsp3) is 0.818. The number of rotatable bonds is 8. The molecule has 6 unspecified atom stereocenters. The summed E-state index contributed by atoms with van der Waals surface area (Å²) in [5, 5.41) is 11.6. The zero-order chi connectivity index (χ0) is 23.1. The second-order valence-corrected chi connectivity index (χ2v) is 12.3. The summed E-state index contributed by atoms with van der Waals surface area (Å²) in [5.41, 5.74) is 12.0. The molecule has 3 aliphatic carbocycles. The highest BCUT2D eigenvalue weighted by Gasteiger charge is 2.36. The van der Waals surface area contributed by atoms with Gasteiger partial charge in [-0.25, -0.2) is 5.26 Å². The van der Waals surface area contributed by atoms with Crippen LogP contribution in [0.2, 0.25) is 0 Å². The van der Waals surface area contributed by atoms with Gasteiger partial charge in [-0.2, -0.15) is 8.42 Å². The van der Waals surface area contributed by atoms with Gasteiger partial charge in [0.1, 0.15) is 0 Å². The fourth-order valence-corrected chi connectivity index (χ4v) is 7.45. The van der Waals surface area contributed by atoms with E-state index in [9.17, 15) is 13.0 Å². The highest BCUT2D eigenvalue weighted by atomic mass is 32.2. The van der Waals surface area contributed by atoms with E-state index in [4.69, 9.17) is 16.7 Å². The van der Waals surface area contributed by atoms with Gasteiger partial charge >= 0.3 is 0 Å². The Morgan fingerprint density at radius 1 is 0.781 bits per heavy atom. The van der Waals surface area contributed by atoms with E-state index in [1.807, 2.05) is 6.08 Å². The number of nitrogens with two attached hydrogens (primary N) is 2. The summed E-state index contributed by atoms with van der Waals surface area (Å²) in [7, 11) is -4.08. The summed E-state index contributed by atoms with van der Waals surface area (Å²) in [5.74, 6) is 1.18. The first kappa shape index (κ1) is 26.2. The zero-order valence-corrected chi connectivity index (χ0v) is 20.1. The third-order valence-corrected chi connectivity index (χ3v) is 9.66. The maximum atomic E-state index is 11.8. The van der Waals surface area contributed by atoms with Gasteiger partial charge < -0.3 is 11.5 Å². The van der Waals surface area contributed by atoms with E-state index >= 15 is 0 Å². The molecule has 10 heteroatoms. The van der Waals surface area contributed by atoms with Crippen molar-refractivity contribution in [2.45, 2.75) is 86.8 Å². The van der Waals surface area contributed by atoms with Crippen LogP contribution in [0.3, 0.4) is 0 Å². The molecule has 32 heavy (non-hydrogen) atoms. The SMILES string of the molecule is NC1CCC(C=CC2CCC(C=CC3CCC(N)CC3S(=O)(=O)O)CC2)C(SOOO)C1. The lowest BCUT2D eigenvalue weighted by Crippen LogP contribution is -2.40. The van der Waals surface area contributed by atoms with Crippen LogP contribution in [0.1, 0.15) is 64.2 Å². The lowest BCUT2D eigenvalue weighted by molar-refractivity contribution is -0.432. The Hall–Kier alpha value is -0.460. The van der Waals surface area contributed by atoms with E-state index in [0.717, 1.165) is 63.4 Å². The van der Waals surface area contributed by atoms with Crippen LogP contribution >= 0.6 is 12.0 Å². The van der Waals surface area contributed by atoms with Gasteiger partial charge in [0.15, 0.2) is 0 Å². The molecule has 0 aromatic heterocycles. The predicted molar refractivity (Wildman–Crippen MR) is 126 cm³/mol. The molecule has 0 aliphatic heterocycles. The maximum absolute atomic E-state index is 11.8. The van der Waals surface area contributed by atoms with Crippen molar-refractivity contribution >= 4 is 22.2 Å². The van der Waals surface area contributed by atoms with E-state index in [2.05, 4.69) is 27.6 Å². The van der Waals surface area contributed by atoms with Crippen LogP contribution in [0.15, 0.2) is 24.3 Å². The maximum Gasteiger partial charge on any atom is 0.268 e. The quantitative estimate of drug-likeness (QED) is 0.131. The van der Waals surface area contributed by atoms with Crippen molar-refractivity contribution < 1.29 is 27.6 Å². The molecule has 0 spiro atoms. The van der Waals surface area contributed by atoms with E-state index < -0.39 is 15.4 Å². The van der Waals surface area contributed by atoms with Crippen LogP contribution in [0, 0.1) is 23.7 Å². The van der Waals surface area contributed by atoms with Crippen LogP contribution in [-0.2, 0) is 19.5 Å². The van der Waals surface area contributed by atoms with Gasteiger partial charge in [-0.05, 0) is 87.9 Å². The average molecular weight is 491 g/mol. The Morgan fingerprint density at radius 2 is 1.31 bits per heavy atom. The largest absolute Gasteiger partial charge is 0.328 e. The highest BCUT2D eigenvalue weighted by molar-refractivity contribution is 7.95. The van der Waals surface area contributed by atoms with Gasteiger partial charge in [0.2, 0.25) is 0 Å². The predicted octanol–water partition coefficient (Wildman–Crippen LogP) is 3.85. The molecule has 3 rings (SSSR count). The minimum absolute atomic E-state index is 0.153. The standard InChI is InChI=1S/C22H38N2O6S2/c23-19-11-9-17(21(13-19)31-30-29-25)7-5-15-1-3-16(4-2-15)6-8-18-10-12-20(24)14-22(18)32(26,27)28/h5-8,15-22,25H,1-4,9-14,23-24H2,(H,26,27,28). The van der Waals surface area contributed by atoms with Crippen LogP contribution in [0.5, 0.6) is 0 Å². The summed E-state index contributed by atoms with van der Waals surface area (Å²) < 4.78 is 37.8. The molecule has 0 radical (unpaired) electrons. The van der Waals surface area contributed by atoms with Crippen molar-refractivity contribution in [3.63, 3.8) is 0 Å². The van der Waals surface area contributed by atoms with Gasteiger partial charge in [-0.15, -0.1) is 4.33 Å². The molecule has 0 aromatic carbocycles.